The van der Waals surface area contributed by atoms with Crippen LogP contribution in [0.1, 0.15) is 18.9 Å². The molecule has 2 rings (SSSR count). The number of nitrogens with zero attached hydrogens (tertiary/aromatic N) is 1. The smallest absolute Gasteiger partial charge is 0.408 e. The molecule has 5 nitrogen and oxygen atoms in total. The van der Waals surface area contributed by atoms with E-state index in [1.165, 1.54) is 4.90 Å². The van der Waals surface area contributed by atoms with Crippen LogP contribution < -0.4 is 5.32 Å². The Morgan fingerprint density at radius 3 is 2.65 bits per heavy atom. The number of carbonyl (C=O) groups excluding carboxylic acids is 1. The van der Waals surface area contributed by atoms with Crippen molar-refractivity contribution in [3.05, 3.63) is 34.9 Å². The van der Waals surface area contributed by atoms with E-state index in [1.54, 1.807) is 19.1 Å². The van der Waals surface area contributed by atoms with Crippen LogP contribution in [0.25, 0.3) is 0 Å². The number of piperazine rings is 1. The summed E-state index contributed by atoms with van der Waals surface area (Å²) < 4.78 is 0. The fourth-order valence-electron chi connectivity index (χ4n) is 2.49. The summed E-state index contributed by atoms with van der Waals surface area (Å²) >= 11 is 5.82. The van der Waals surface area contributed by atoms with Crippen molar-refractivity contribution >= 4 is 23.6 Å². The van der Waals surface area contributed by atoms with Crippen molar-refractivity contribution in [2.24, 2.45) is 0 Å². The molecule has 108 valence electrons. The maximum Gasteiger partial charge on any atom is 0.408 e. The highest BCUT2D eigenvalue weighted by atomic mass is 35.5. The van der Waals surface area contributed by atoms with Gasteiger partial charge < -0.3 is 10.4 Å². The number of benzene rings is 1. The average molecular weight is 297 g/mol. The Bertz CT molecular complexity index is 504. The fraction of sp³-hybridized carbons (Fsp3) is 0.429. The minimum Gasteiger partial charge on any atom is -0.465 e. The van der Waals surface area contributed by atoms with E-state index in [2.05, 4.69) is 5.32 Å². The van der Waals surface area contributed by atoms with Crippen molar-refractivity contribution in [1.29, 1.82) is 0 Å². The van der Waals surface area contributed by atoms with Crippen molar-refractivity contribution in [1.82, 2.24) is 10.2 Å². The van der Waals surface area contributed by atoms with Crippen molar-refractivity contribution in [2.75, 3.05) is 6.54 Å². The summed E-state index contributed by atoms with van der Waals surface area (Å²) in [5.41, 5.74) is 1.01. The molecule has 1 aromatic rings. The van der Waals surface area contributed by atoms with Crippen LogP contribution in [-0.4, -0.2) is 40.6 Å². The van der Waals surface area contributed by atoms with Crippen molar-refractivity contribution in [3.8, 4) is 0 Å². The molecular formula is C14H17ClN2O3. The third kappa shape index (κ3) is 3.22. The molecule has 6 heteroatoms. The number of carboxylic acid groups (broad SMARTS) is 1. The minimum absolute atomic E-state index is 0.206. The summed E-state index contributed by atoms with van der Waals surface area (Å²) in [6, 6.07) is 6.53. The van der Waals surface area contributed by atoms with Gasteiger partial charge in [-0.2, -0.15) is 0 Å². The normalized spacial score (nSPS) is 22.5. The molecule has 1 aliphatic rings. The summed E-state index contributed by atoms with van der Waals surface area (Å²) in [7, 11) is 0. The first-order valence-corrected chi connectivity index (χ1v) is 6.93. The monoisotopic (exact) mass is 296 g/mol. The highest BCUT2D eigenvalue weighted by Crippen LogP contribution is 2.16. The van der Waals surface area contributed by atoms with E-state index in [-0.39, 0.29) is 11.9 Å². The van der Waals surface area contributed by atoms with Crippen LogP contribution in [0.15, 0.2) is 24.3 Å². The van der Waals surface area contributed by atoms with Crippen molar-refractivity contribution in [2.45, 2.75) is 31.8 Å². The Kier molecular flexibility index (Phi) is 4.49. The summed E-state index contributed by atoms with van der Waals surface area (Å²) in [5, 5.41) is 12.7. The maximum atomic E-state index is 12.0. The van der Waals surface area contributed by atoms with Crippen molar-refractivity contribution in [3.63, 3.8) is 0 Å². The van der Waals surface area contributed by atoms with Gasteiger partial charge in [0.2, 0.25) is 5.91 Å². The predicted octanol–water partition coefficient (Wildman–Crippen LogP) is 2.14. The third-order valence-corrected chi connectivity index (χ3v) is 3.72. The SMILES string of the molecule is CC[C@H]1C(=O)N[C@@H](Cc2ccc(Cl)cc2)CN1C(=O)O. The third-order valence-electron chi connectivity index (χ3n) is 3.47. The lowest BCUT2D eigenvalue weighted by molar-refractivity contribution is -0.129. The number of nitrogens with one attached hydrogen (secondary N) is 1. The van der Waals surface area contributed by atoms with Crippen LogP contribution in [-0.2, 0) is 11.2 Å². The van der Waals surface area contributed by atoms with E-state index in [4.69, 9.17) is 11.6 Å². The molecule has 0 aromatic heterocycles. The minimum atomic E-state index is -1.05. The quantitative estimate of drug-likeness (QED) is 0.898. The molecule has 2 N–H and O–H groups in total. The van der Waals surface area contributed by atoms with Gasteiger partial charge in [-0.3, -0.25) is 9.69 Å². The number of amides is 2. The molecule has 1 aliphatic heterocycles. The summed E-state index contributed by atoms with van der Waals surface area (Å²) in [6.45, 7) is 2.11. The van der Waals surface area contributed by atoms with Crippen LogP contribution in [0.2, 0.25) is 5.02 Å². The zero-order valence-corrected chi connectivity index (χ0v) is 11.9. The van der Waals surface area contributed by atoms with E-state index >= 15 is 0 Å². The Morgan fingerprint density at radius 2 is 2.10 bits per heavy atom. The van der Waals surface area contributed by atoms with Gasteiger partial charge in [0.05, 0.1) is 6.04 Å². The second kappa shape index (κ2) is 6.13. The summed E-state index contributed by atoms with van der Waals surface area (Å²) in [4.78, 5) is 24.4. The predicted molar refractivity (Wildman–Crippen MR) is 75.9 cm³/mol. The zero-order valence-electron chi connectivity index (χ0n) is 11.2. The summed E-state index contributed by atoms with van der Waals surface area (Å²) in [5.74, 6) is -0.222. The molecule has 0 spiro atoms. The molecule has 0 unspecified atom stereocenters. The van der Waals surface area contributed by atoms with E-state index in [0.717, 1.165) is 5.56 Å². The van der Waals surface area contributed by atoms with Gasteiger partial charge in [0.1, 0.15) is 6.04 Å². The first-order chi connectivity index (χ1) is 9.51. The van der Waals surface area contributed by atoms with Crippen LogP contribution in [0.5, 0.6) is 0 Å². The molecule has 20 heavy (non-hydrogen) atoms. The molecule has 0 bridgehead atoms. The van der Waals surface area contributed by atoms with Gasteiger partial charge in [-0.1, -0.05) is 30.7 Å². The Balaban J connectivity index is 2.08. The number of carbonyl (C=O) groups is 2. The topological polar surface area (TPSA) is 69.6 Å². The van der Waals surface area contributed by atoms with Gasteiger partial charge in [0.25, 0.3) is 0 Å². The molecule has 0 radical (unpaired) electrons. The standard InChI is InChI=1S/C14H17ClN2O3/c1-2-12-13(18)16-11(8-17(12)14(19)20)7-9-3-5-10(15)6-4-9/h3-6,11-12H,2,7-8H2,1H3,(H,16,18)(H,19,20)/t11-,12-/m0/s1. The molecule has 1 heterocycles. The first kappa shape index (κ1) is 14.7. The highest BCUT2D eigenvalue weighted by Gasteiger charge is 2.36. The van der Waals surface area contributed by atoms with E-state index < -0.39 is 12.1 Å². The Morgan fingerprint density at radius 1 is 1.45 bits per heavy atom. The van der Waals surface area contributed by atoms with Gasteiger partial charge in [-0.25, -0.2) is 4.79 Å². The zero-order chi connectivity index (χ0) is 14.7. The van der Waals surface area contributed by atoms with Gasteiger partial charge in [0.15, 0.2) is 0 Å². The molecule has 0 aliphatic carbocycles. The number of halogens is 1. The van der Waals surface area contributed by atoms with Crippen LogP contribution >= 0.6 is 11.6 Å². The fourth-order valence-corrected chi connectivity index (χ4v) is 2.61. The average Bonchev–Trinajstić information content (AvgIpc) is 2.40. The van der Waals surface area contributed by atoms with Crippen LogP contribution in [0, 0.1) is 0 Å². The van der Waals surface area contributed by atoms with E-state index in [9.17, 15) is 14.7 Å². The lowest BCUT2D eigenvalue weighted by Gasteiger charge is -2.37. The van der Waals surface area contributed by atoms with E-state index in [0.29, 0.717) is 24.4 Å². The van der Waals surface area contributed by atoms with Gasteiger partial charge in [-0.15, -0.1) is 0 Å². The molecule has 2 amide bonds. The first-order valence-electron chi connectivity index (χ1n) is 6.55. The molecular weight excluding hydrogens is 280 g/mol. The Hall–Kier alpha value is -1.75. The Labute approximate surface area is 122 Å². The molecule has 1 aromatic carbocycles. The van der Waals surface area contributed by atoms with Crippen molar-refractivity contribution < 1.29 is 14.7 Å². The lowest BCUT2D eigenvalue weighted by atomic mass is 10.0. The van der Waals surface area contributed by atoms with Gasteiger partial charge >= 0.3 is 6.09 Å². The van der Waals surface area contributed by atoms with Crippen LogP contribution in [0.3, 0.4) is 0 Å². The number of hydrogen-bond acceptors (Lipinski definition) is 2. The largest absolute Gasteiger partial charge is 0.465 e. The maximum absolute atomic E-state index is 12.0. The molecule has 1 saturated heterocycles. The van der Waals surface area contributed by atoms with Gasteiger partial charge in [0, 0.05) is 11.6 Å². The van der Waals surface area contributed by atoms with Gasteiger partial charge in [-0.05, 0) is 30.5 Å². The van der Waals surface area contributed by atoms with Crippen LogP contribution in [0.4, 0.5) is 4.79 Å². The molecule has 1 fully saturated rings. The van der Waals surface area contributed by atoms with E-state index in [1.807, 2.05) is 12.1 Å². The second-order valence-corrected chi connectivity index (χ2v) is 5.33. The summed E-state index contributed by atoms with van der Waals surface area (Å²) in [6.07, 6.45) is 0.0161. The molecule has 0 saturated carbocycles. The highest BCUT2D eigenvalue weighted by molar-refractivity contribution is 6.30. The lowest BCUT2D eigenvalue weighted by Crippen LogP contribution is -2.61. The molecule has 2 atom stereocenters. The number of hydrogen-bond donors (Lipinski definition) is 2. The second-order valence-electron chi connectivity index (χ2n) is 4.90. The number of rotatable bonds is 3.